The number of aromatic nitrogens is 4. The van der Waals surface area contributed by atoms with E-state index in [4.69, 9.17) is 9.15 Å². The molecular weight excluding hydrogens is 284 g/mol. The van der Waals surface area contributed by atoms with Crippen LogP contribution in [-0.4, -0.2) is 33.5 Å². The lowest BCUT2D eigenvalue weighted by molar-refractivity contribution is 0.397. The molecule has 8 heteroatoms. The van der Waals surface area contributed by atoms with E-state index in [1.165, 1.54) is 0 Å². The minimum atomic E-state index is 0.342. The third-order valence-electron chi connectivity index (χ3n) is 2.86. The van der Waals surface area contributed by atoms with Gasteiger partial charge in [-0.15, -0.1) is 0 Å². The highest BCUT2D eigenvalue weighted by molar-refractivity contribution is 5.87. The molecule has 3 heterocycles. The van der Waals surface area contributed by atoms with Crippen LogP contribution in [0.2, 0.25) is 0 Å². The Morgan fingerprint density at radius 2 is 2.27 bits per heavy atom. The first-order chi connectivity index (χ1) is 10.8. The molecule has 8 nitrogen and oxygen atoms in total. The van der Waals surface area contributed by atoms with Crippen LogP contribution in [0, 0.1) is 6.92 Å². The average molecular weight is 298 g/mol. The van der Waals surface area contributed by atoms with Gasteiger partial charge < -0.3 is 9.15 Å². The van der Waals surface area contributed by atoms with Gasteiger partial charge in [-0.05, 0) is 19.1 Å². The molecular formula is C14H14N6O2. The number of rotatable bonds is 5. The number of furan rings is 1. The predicted octanol–water partition coefficient (Wildman–Crippen LogP) is 2.22. The molecule has 3 aromatic heterocycles. The van der Waals surface area contributed by atoms with Crippen LogP contribution in [0.4, 0.5) is 5.95 Å². The summed E-state index contributed by atoms with van der Waals surface area (Å²) in [6.45, 7) is 1.88. The maximum atomic E-state index is 5.57. The number of hydrogen-bond acceptors (Lipinski definition) is 7. The smallest absolute Gasteiger partial charge is 0.246 e. The summed E-state index contributed by atoms with van der Waals surface area (Å²) in [5.74, 6) is 2.33. The van der Waals surface area contributed by atoms with Gasteiger partial charge in [0.1, 0.15) is 11.5 Å². The van der Waals surface area contributed by atoms with Gasteiger partial charge in [-0.25, -0.2) is 10.4 Å². The van der Waals surface area contributed by atoms with Crippen LogP contribution in [0.5, 0.6) is 5.88 Å². The molecule has 0 bridgehead atoms. The van der Waals surface area contributed by atoms with Crippen LogP contribution in [0.3, 0.4) is 0 Å². The van der Waals surface area contributed by atoms with Gasteiger partial charge in [0, 0.05) is 17.8 Å². The second-order valence-corrected chi connectivity index (χ2v) is 4.40. The summed E-state index contributed by atoms with van der Waals surface area (Å²) in [5, 5.41) is 11.0. The second-order valence-electron chi connectivity index (χ2n) is 4.40. The van der Waals surface area contributed by atoms with Gasteiger partial charge in [-0.1, -0.05) is 0 Å². The van der Waals surface area contributed by atoms with Gasteiger partial charge in [0.25, 0.3) is 0 Å². The summed E-state index contributed by atoms with van der Waals surface area (Å²) >= 11 is 0. The Morgan fingerprint density at radius 3 is 3.05 bits per heavy atom. The highest BCUT2D eigenvalue weighted by Gasteiger charge is 2.09. The third kappa shape index (κ3) is 2.95. The van der Waals surface area contributed by atoms with Crippen molar-refractivity contribution in [1.29, 1.82) is 0 Å². The quantitative estimate of drug-likeness (QED) is 0.553. The highest BCUT2D eigenvalue weighted by atomic mass is 16.5. The van der Waals surface area contributed by atoms with E-state index in [0.29, 0.717) is 17.6 Å². The topological polar surface area (TPSA) is 101 Å². The summed E-state index contributed by atoms with van der Waals surface area (Å²) in [5.41, 5.74) is 4.27. The molecule has 0 aliphatic rings. The molecule has 3 aromatic rings. The van der Waals surface area contributed by atoms with E-state index in [-0.39, 0.29) is 0 Å². The molecule has 0 aliphatic carbocycles. The number of methoxy groups -OCH3 is 1. The molecule has 0 aromatic carbocycles. The van der Waals surface area contributed by atoms with Crippen molar-refractivity contribution >= 4 is 12.2 Å². The fourth-order valence-electron chi connectivity index (χ4n) is 1.83. The zero-order chi connectivity index (χ0) is 15.4. The largest absolute Gasteiger partial charge is 0.481 e. The Kier molecular flexibility index (Phi) is 3.82. The number of H-pyrrole nitrogens is 1. The molecule has 0 unspecified atom stereocenters. The molecule has 0 atom stereocenters. The third-order valence-corrected chi connectivity index (χ3v) is 2.86. The first-order valence-corrected chi connectivity index (χ1v) is 6.52. The van der Waals surface area contributed by atoms with Crippen LogP contribution in [0.1, 0.15) is 11.3 Å². The molecule has 2 N–H and O–H groups in total. The zero-order valence-electron chi connectivity index (χ0n) is 12.1. The lowest BCUT2D eigenvalue weighted by Crippen LogP contribution is -1.98. The zero-order valence-corrected chi connectivity index (χ0v) is 12.1. The molecule has 0 saturated carbocycles. The first kappa shape index (κ1) is 13.8. The van der Waals surface area contributed by atoms with Gasteiger partial charge in [-0.2, -0.15) is 15.2 Å². The molecule has 0 spiro atoms. The highest BCUT2D eigenvalue weighted by Crippen LogP contribution is 2.22. The first-order valence-electron chi connectivity index (χ1n) is 6.52. The Hall–Kier alpha value is -3.16. The van der Waals surface area contributed by atoms with E-state index < -0.39 is 0 Å². The van der Waals surface area contributed by atoms with Gasteiger partial charge in [0.2, 0.25) is 11.8 Å². The number of anilines is 1. The van der Waals surface area contributed by atoms with Crippen molar-refractivity contribution in [3.63, 3.8) is 0 Å². The minimum absolute atomic E-state index is 0.342. The maximum Gasteiger partial charge on any atom is 0.246 e. The van der Waals surface area contributed by atoms with Gasteiger partial charge >= 0.3 is 0 Å². The fraction of sp³-hybridized carbons (Fsp3) is 0.143. The molecule has 0 saturated heterocycles. The van der Waals surface area contributed by atoms with Gasteiger partial charge in [0.05, 0.1) is 19.5 Å². The van der Waals surface area contributed by atoms with Crippen LogP contribution < -0.4 is 10.2 Å². The van der Waals surface area contributed by atoms with Crippen LogP contribution in [-0.2, 0) is 0 Å². The second kappa shape index (κ2) is 6.08. The molecule has 0 amide bonds. The Labute approximate surface area is 126 Å². The van der Waals surface area contributed by atoms with Crippen molar-refractivity contribution in [3.8, 4) is 17.3 Å². The minimum Gasteiger partial charge on any atom is -0.481 e. The molecule has 112 valence electrons. The van der Waals surface area contributed by atoms with Crippen molar-refractivity contribution in [2.75, 3.05) is 12.5 Å². The van der Waals surface area contributed by atoms with E-state index in [2.05, 4.69) is 30.7 Å². The standard InChI is InChI=1S/C14H14N6O2/c1-9-3-4-11(22-9)13-10(7-16-19-13)8-17-20-14-15-6-5-12(18-14)21-2/h3-8H,1-2H3,(H,16,19)(H,15,18,20)/b17-8+. The number of aromatic amines is 1. The van der Waals surface area contributed by atoms with Crippen molar-refractivity contribution in [1.82, 2.24) is 20.2 Å². The fourth-order valence-corrected chi connectivity index (χ4v) is 1.83. The monoisotopic (exact) mass is 298 g/mol. The predicted molar refractivity (Wildman–Crippen MR) is 80.8 cm³/mol. The lowest BCUT2D eigenvalue weighted by Gasteiger charge is -2.00. The average Bonchev–Trinajstić information content (AvgIpc) is 3.16. The van der Waals surface area contributed by atoms with E-state index in [1.54, 1.807) is 31.8 Å². The SMILES string of the molecule is COc1ccnc(N/N=C/c2cn[nH]c2-c2ccc(C)o2)n1. The summed E-state index contributed by atoms with van der Waals surface area (Å²) in [4.78, 5) is 8.13. The Balaban J connectivity index is 1.75. The lowest BCUT2D eigenvalue weighted by atomic mass is 10.2. The Bertz CT molecular complexity index is 792. The van der Waals surface area contributed by atoms with Gasteiger partial charge in [-0.3, -0.25) is 5.10 Å². The van der Waals surface area contributed by atoms with E-state index in [1.807, 2.05) is 19.1 Å². The number of nitrogens with zero attached hydrogens (tertiary/aromatic N) is 4. The summed E-state index contributed by atoms with van der Waals surface area (Å²) in [7, 11) is 1.54. The van der Waals surface area contributed by atoms with Crippen molar-refractivity contribution in [3.05, 3.63) is 41.9 Å². The molecule has 0 fully saturated rings. The van der Waals surface area contributed by atoms with Crippen LogP contribution in [0.25, 0.3) is 11.5 Å². The van der Waals surface area contributed by atoms with Crippen molar-refractivity contribution < 1.29 is 9.15 Å². The number of nitrogens with one attached hydrogen (secondary N) is 2. The molecule has 3 rings (SSSR count). The summed E-state index contributed by atoms with van der Waals surface area (Å²) < 4.78 is 10.6. The number of hydrogen-bond donors (Lipinski definition) is 2. The van der Waals surface area contributed by atoms with Crippen molar-refractivity contribution in [2.45, 2.75) is 6.92 Å². The summed E-state index contributed by atoms with van der Waals surface area (Å²) in [6, 6.07) is 5.42. The van der Waals surface area contributed by atoms with Gasteiger partial charge in [0.15, 0.2) is 5.76 Å². The number of hydrazone groups is 1. The van der Waals surface area contributed by atoms with E-state index >= 15 is 0 Å². The normalized spacial score (nSPS) is 11.0. The molecule has 0 aliphatic heterocycles. The number of ether oxygens (including phenoxy) is 1. The van der Waals surface area contributed by atoms with E-state index in [9.17, 15) is 0 Å². The maximum absolute atomic E-state index is 5.57. The molecule has 0 radical (unpaired) electrons. The van der Waals surface area contributed by atoms with Crippen molar-refractivity contribution in [2.24, 2.45) is 5.10 Å². The molecule has 22 heavy (non-hydrogen) atoms. The van der Waals surface area contributed by atoms with Crippen LogP contribution in [0.15, 0.2) is 40.1 Å². The van der Waals surface area contributed by atoms with Crippen LogP contribution >= 0.6 is 0 Å². The summed E-state index contributed by atoms with van der Waals surface area (Å²) in [6.07, 6.45) is 4.85. The van der Waals surface area contributed by atoms with E-state index in [0.717, 1.165) is 17.0 Å². The number of aryl methyl sites for hydroxylation is 1. The Morgan fingerprint density at radius 1 is 1.36 bits per heavy atom.